The first-order chi connectivity index (χ1) is 15.1. The SMILES string of the molecule is CCCCCCCCc1cc2sc3cc(CCCCCCCC)c(O)cc3c2cc1O. The molecule has 2 N–H and O–H groups in total. The second-order valence-corrected chi connectivity index (χ2v) is 10.2. The molecule has 170 valence electrons. The lowest BCUT2D eigenvalue weighted by Crippen LogP contribution is -1.88. The Morgan fingerprint density at radius 2 is 0.935 bits per heavy atom. The fraction of sp³-hybridized carbons (Fsp3) is 0.571. The highest BCUT2D eigenvalue weighted by Gasteiger charge is 2.13. The second-order valence-electron chi connectivity index (χ2n) is 9.09. The topological polar surface area (TPSA) is 40.5 Å². The fourth-order valence-corrected chi connectivity index (χ4v) is 5.72. The van der Waals surface area contributed by atoms with Gasteiger partial charge in [0.15, 0.2) is 0 Å². The second kappa shape index (κ2) is 12.3. The maximum Gasteiger partial charge on any atom is 0.119 e. The van der Waals surface area contributed by atoms with Gasteiger partial charge in [-0.05, 0) is 61.1 Å². The maximum absolute atomic E-state index is 10.6. The zero-order chi connectivity index (χ0) is 22.1. The van der Waals surface area contributed by atoms with E-state index in [9.17, 15) is 10.2 Å². The Morgan fingerprint density at radius 3 is 1.35 bits per heavy atom. The average Bonchev–Trinajstić information content (AvgIpc) is 3.09. The summed E-state index contributed by atoms with van der Waals surface area (Å²) in [5.74, 6) is 0.799. The molecule has 3 rings (SSSR count). The van der Waals surface area contributed by atoms with Crippen molar-refractivity contribution in [3.8, 4) is 11.5 Å². The minimum atomic E-state index is 0.399. The van der Waals surface area contributed by atoms with Crippen molar-refractivity contribution in [3.05, 3.63) is 35.4 Å². The number of phenolic OH excluding ortho intramolecular Hbond substituents is 2. The summed E-state index contributed by atoms with van der Waals surface area (Å²) in [7, 11) is 0. The van der Waals surface area contributed by atoms with Crippen molar-refractivity contribution < 1.29 is 10.2 Å². The molecule has 0 atom stereocenters. The van der Waals surface area contributed by atoms with Crippen LogP contribution in [0.3, 0.4) is 0 Å². The van der Waals surface area contributed by atoms with Gasteiger partial charge in [0.05, 0.1) is 0 Å². The van der Waals surface area contributed by atoms with Gasteiger partial charge in [0.1, 0.15) is 11.5 Å². The van der Waals surface area contributed by atoms with E-state index in [4.69, 9.17) is 0 Å². The van der Waals surface area contributed by atoms with Crippen LogP contribution in [0.4, 0.5) is 0 Å². The molecule has 3 heteroatoms. The molecule has 0 unspecified atom stereocenters. The van der Waals surface area contributed by atoms with Gasteiger partial charge in [-0.25, -0.2) is 0 Å². The van der Waals surface area contributed by atoms with E-state index < -0.39 is 0 Å². The van der Waals surface area contributed by atoms with Crippen LogP contribution in [-0.2, 0) is 12.8 Å². The summed E-state index contributed by atoms with van der Waals surface area (Å²) >= 11 is 1.79. The van der Waals surface area contributed by atoms with Gasteiger partial charge >= 0.3 is 0 Å². The van der Waals surface area contributed by atoms with Crippen LogP contribution in [0, 0.1) is 0 Å². The van der Waals surface area contributed by atoms with Crippen molar-refractivity contribution in [2.24, 2.45) is 0 Å². The molecular weight excluding hydrogens is 400 g/mol. The Kier molecular flexibility index (Phi) is 9.52. The largest absolute Gasteiger partial charge is 0.508 e. The monoisotopic (exact) mass is 440 g/mol. The first-order valence-corrected chi connectivity index (χ1v) is 13.4. The molecule has 0 aliphatic carbocycles. The van der Waals surface area contributed by atoms with E-state index in [1.165, 1.54) is 73.6 Å². The van der Waals surface area contributed by atoms with Crippen LogP contribution in [0.5, 0.6) is 11.5 Å². The lowest BCUT2D eigenvalue weighted by molar-refractivity contribution is 0.466. The number of aryl methyl sites for hydroxylation is 2. The van der Waals surface area contributed by atoms with E-state index in [0.29, 0.717) is 11.5 Å². The van der Waals surface area contributed by atoms with E-state index in [0.717, 1.165) is 47.6 Å². The first kappa shape index (κ1) is 23.9. The van der Waals surface area contributed by atoms with Crippen molar-refractivity contribution in [1.29, 1.82) is 0 Å². The summed E-state index contributed by atoms with van der Waals surface area (Å²) in [6, 6.07) is 8.17. The van der Waals surface area contributed by atoms with Gasteiger partial charge in [-0.15, -0.1) is 11.3 Å². The number of unbranched alkanes of at least 4 members (excludes halogenated alkanes) is 10. The third kappa shape index (κ3) is 6.62. The Bertz CT molecular complexity index is 880. The molecule has 2 aromatic carbocycles. The molecular formula is C28H40O2S. The van der Waals surface area contributed by atoms with Gasteiger partial charge in [0.25, 0.3) is 0 Å². The molecule has 0 saturated heterocycles. The molecule has 0 radical (unpaired) electrons. The smallest absolute Gasteiger partial charge is 0.119 e. The molecule has 0 fully saturated rings. The lowest BCUT2D eigenvalue weighted by Gasteiger charge is -2.07. The van der Waals surface area contributed by atoms with Crippen LogP contribution in [0.15, 0.2) is 24.3 Å². The number of aromatic hydroxyl groups is 2. The Balaban J connectivity index is 1.67. The molecule has 0 bridgehead atoms. The molecule has 0 amide bonds. The molecule has 1 heterocycles. The van der Waals surface area contributed by atoms with Gasteiger partial charge in [0.2, 0.25) is 0 Å². The molecule has 31 heavy (non-hydrogen) atoms. The minimum Gasteiger partial charge on any atom is -0.508 e. The third-order valence-corrected chi connectivity index (χ3v) is 7.59. The van der Waals surface area contributed by atoms with Gasteiger partial charge < -0.3 is 10.2 Å². The van der Waals surface area contributed by atoms with Gasteiger partial charge in [-0.1, -0.05) is 78.1 Å². The Morgan fingerprint density at radius 1 is 0.548 bits per heavy atom. The summed E-state index contributed by atoms with van der Waals surface area (Å²) in [4.78, 5) is 0. The van der Waals surface area contributed by atoms with Crippen molar-refractivity contribution in [2.75, 3.05) is 0 Å². The number of phenols is 2. The molecule has 2 nitrogen and oxygen atoms in total. The van der Waals surface area contributed by atoms with Crippen LogP contribution in [0.1, 0.15) is 102 Å². The van der Waals surface area contributed by atoms with Gasteiger partial charge in [0, 0.05) is 20.2 Å². The number of thiophene rings is 1. The normalized spacial score (nSPS) is 11.7. The minimum absolute atomic E-state index is 0.399. The number of rotatable bonds is 14. The Labute approximate surface area is 192 Å². The van der Waals surface area contributed by atoms with E-state index >= 15 is 0 Å². The summed E-state index contributed by atoms with van der Waals surface area (Å²) in [5.41, 5.74) is 2.12. The standard InChI is InChI=1S/C28H40O2S/c1-3-5-7-9-11-13-15-21-17-27-23(19-25(21)29)24-20-26(30)22(18-28(24)31-27)16-14-12-10-8-6-4-2/h17-20,29-30H,3-16H2,1-2H3. The van der Waals surface area contributed by atoms with Gasteiger partial charge in [-0.3, -0.25) is 0 Å². The number of hydrogen-bond donors (Lipinski definition) is 2. The summed E-state index contributed by atoms with van der Waals surface area (Å²) in [6.45, 7) is 4.49. The quantitative estimate of drug-likeness (QED) is 0.245. The van der Waals surface area contributed by atoms with Crippen molar-refractivity contribution in [3.63, 3.8) is 0 Å². The van der Waals surface area contributed by atoms with Crippen molar-refractivity contribution >= 4 is 31.5 Å². The molecule has 0 aliphatic rings. The maximum atomic E-state index is 10.6. The van der Waals surface area contributed by atoms with Crippen molar-refractivity contribution in [1.82, 2.24) is 0 Å². The van der Waals surface area contributed by atoms with Crippen LogP contribution in [-0.4, -0.2) is 10.2 Å². The zero-order valence-electron chi connectivity index (χ0n) is 19.5. The lowest BCUT2D eigenvalue weighted by atomic mass is 10.0. The van der Waals surface area contributed by atoms with Crippen LogP contribution in [0.2, 0.25) is 0 Å². The van der Waals surface area contributed by atoms with E-state index in [2.05, 4.69) is 26.0 Å². The Hall–Kier alpha value is -1.74. The first-order valence-electron chi connectivity index (χ1n) is 12.5. The summed E-state index contributed by atoms with van der Waals surface area (Å²) in [5, 5.41) is 23.3. The van der Waals surface area contributed by atoms with Crippen LogP contribution in [0.25, 0.3) is 20.2 Å². The van der Waals surface area contributed by atoms with Crippen LogP contribution >= 0.6 is 11.3 Å². The highest BCUT2D eigenvalue weighted by Crippen LogP contribution is 2.40. The molecule has 0 saturated carbocycles. The summed E-state index contributed by atoms with van der Waals surface area (Å²) in [6.07, 6.45) is 17.1. The highest BCUT2D eigenvalue weighted by atomic mass is 32.1. The van der Waals surface area contributed by atoms with Gasteiger partial charge in [-0.2, -0.15) is 0 Å². The average molecular weight is 441 g/mol. The van der Waals surface area contributed by atoms with E-state index in [1.807, 2.05) is 12.1 Å². The van der Waals surface area contributed by atoms with Crippen molar-refractivity contribution in [2.45, 2.75) is 104 Å². The fourth-order valence-electron chi connectivity index (χ4n) is 4.52. The number of benzene rings is 2. The molecule has 0 spiro atoms. The number of fused-ring (bicyclic) bond motifs is 3. The number of hydrogen-bond acceptors (Lipinski definition) is 3. The van der Waals surface area contributed by atoms with E-state index in [-0.39, 0.29) is 0 Å². The predicted molar refractivity (Wildman–Crippen MR) is 137 cm³/mol. The van der Waals surface area contributed by atoms with Crippen LogP contribution < -0.4 is 0 Å². The highest BCUT2D eigenvalue weighted by molar-refractivity contribution is 7.25. The molecule has 1 aromatic heterocycles. The molecule has 0 aliphatic heterocycles. The van der Waals surface area contributed by atoms with E-state index in [1.54, 1.807) is 11.3 Å². The molecule has 3 aromatic rings. The zero-order valence-corrected chi connectivity index (χ0v) is 20.3. The third-order valence-electron chi connectivity index (χ3n) is 6.47. The predicted octanol–water partition coefficient (Wildman–Crippen LogP) is 9.27. The summed E-state index contributed by atoms with van der Waals surface area (Å²) < 4.78 is 2.43.